The van der Waals surface area contributed by atoms with Gasteiger partial charge in [0.2, 0.25) is 5.43 Å². The van der Waals surface area contributed by atoms with Crippen LogP contribution in [0.5, 0.6) is 0 Å². The van der Waals surface area contributed by atoms with Gasteiger partial charge in [-0.2, -0.15) is 0 Å². The summed E-state index contributed by atoms with van der Waals surface area (Å²) in [6.07, 6.45) is 0.648. The van der Waals surface area contributed by atoms with E-state index in [2.05, 4.69) is 15.3 Å². The molecule has 3 aromatic heterocycles. The average molecular weight is 505 g/mol. The van der Waals surface area contributed by atoms with Gasteiger partial charge in [0, 0.05) is 30.9 Å². The zero-order chi connectivity index (χ0) is 26.4. The number of hydrogen-bond acceptors (Lipinski definition) is 7. The summed E-state index contributed by atoms with van der Waals surface area (Å²) in [4.78, 5) is 35.7. The molecule has 1 aliphatic rings. The number of rotatable bonds is 6. The van der Waals surface area contributed by atoms with E-state index in [0.717, 1.165) is 23.0 Å². The summed E-state index contributed by atoms with van der Waals surface area (Å²) in [5.74, 6) is -4.49. The van der Waals surface area contributed by atoms with Crippen molar-refractivity contribution in [3.63, 3.8) is 0 Å². The second-order valence-electron chi connectivity index (χ2n) is 9.13. The van der Waals surface area contributed by atoms with E-state index in [4.69, 9.17) is 0 Å². The number of hydrogen-bond donors (Lipinski definition) is 3. The maximum absolute atomic E-state index is 15.1. The van der Waals surface area contributed by atoms with Gasteiger partial charge in [0.1, 0.15) is 11.4 Å². The van der Waals surface area contributed by atoms with Crippen molar-refractivity contribution < 1.29 is 28.2 Å². The highest BCUT2D eigenvalue weighted by molar-refractivity contribution is 5.97. The van der Waals surface area contributed by atoms with Gasteiger partial charge >= 0.3 is 0 Å². The van der Waals surface area contributed by atoms with Crippen LogP contribution in [0.3, 0.4) is 0 Å². The van der Waals surface area contributed by atoms with Gasteiger partial charge in [-0.25, -0.2) is 23.1 Å². The van der Waals surface area contributed by atoms with Crippen LogP contribution in [0.2, 0.25) is 0 Å². The van der Waals surface area contributed by atoms with Crippen molar-refractivity contribution in [3.8, 4) is 5.82 Å². The SMILES string of the molecule is CCC(C)(CC)NC(=O)c1cn(-c2ncc(F)cc2F)c2nc(N3C[C@@H](O)[C@H](O)C3)c(F)cc2c1=O. The number of β-amino-alcohol motifs (C(OH)–C–C–N with tert-alkyl or cyclic N) is 2. The molecule has 36 heavy (non-hydrogen) atoms. The van der Waals surface area contributed by atoms with Gasteiger partial charge in [0.05, 0.1) is 23.8 Å². The highest BCUT2D eigenvalue weighted by Gasteiger charge is 2.33. The summed E-state index contributed by atoms with van der Waals surface area (Å²) < 4.78 is 44.5. The number of carbonyl (C=O) groups excluding carboxylic acids is 1. The average Bonchev–Trinajstić information content (AvgIpc) is 3.17. The third kappa shape index (κ3) is 4.53. The first kappa shape index (κ1) is 25.6. The van der Waals surface area contributed by atoms with Gasteiger partial charge in [0.25, 0.3) is 5.91 Å². The van der Waals surface area contributed by atoms with Crippen molar-refractivity contribution in [2.75, 3.05) is 18.0 Å². The van der Waals surface area contributed by atoms with Gasteiger partial charge in [-0.1, -0.05) is 13.8 Å². The summed E-state index contributed by atoms with van der Waals surface area (Å²) in [6, 6.07) is 1.44. The van der Waals surface area contributed by atoms with Gasteiger partial charge in [-0.05, 0) is 25.8 Å². The number of nitrogens with one attached hydrogen (secondary N) is 1. The van der Waals surface area contributed by atoms with E-state index in [1.54, 1.807) is 6.92 Å². The van der Waals surface area contributed by atoms with Crippen LogP contribution in [0.1, 0.15) is 44.0 Å². The van der Waals surface area contributed by atoms with Crippen molar-refractivity contribution in [2.24, 2.45) is 0 Å². The molecule has 9 nitrogen and oxygen atoms in total. The number of pyridine rings is 3. The maximum Gasteiger partial charge on any atom is 0.257 e. The fourth-order valence-electron chi connectivity index (χ4n) is 4.05. The van der Waals surface area contributed by atoms with Crippen LogP contribution >= 0.6 is 0 Å². The molecule has 0 radical (unpaired) electrons. The predicted molar refractivity (Wildman–Crippen MR) is 126 cm³/mol. The highest BCUT2D eigenvalue weighted by Crippen LogP contribution is 2.27. The number of anilines is 1. The molecule has 1 saturated heterocycles. The standard InChI is InChI=1S/C24H26F3N5O4/c1-4-24(3,5-2)30-23(36)14-9-32(21-15(26)6-12(25)8-28-21)20-13(19(14)35)7-16(27)22(29-20)31-10-17(33)18(34)11-31/h6-9,17-18,33-34H,4-5,10-11H2,1-3H3,(H,30,36)/t17-,18-/m1/s1. The molecule has 1 aliphatic heterocycles. The molecule has 192 valence electrons. The minimum atomic E-state index is -1.14. The van der Waals surface area contributed by atoms with Gasteiger partial charge in [0.15, 0.2) is 28.9 Å². The molecule has 0 saturated carbocycles. The summed E-state index contributed by atoms with van der Waals surface area (Å²) in [6.45, 7) is 5.28. The maximum atomic E-state index is 15.1. The number of carbonyl (C=O) groups is 1. The number of aromatic nitrogens is 3. The number of nitrogens with zero attached hydrogens (tertiary/aromatic N) is 4. The quantitative estimate of drug-likeness (QED) is 0.469. The van der Waals surface area contributed by atoms with E-state index in [1.165, 1.54) is 4.90 Å². The normalized spacial score (nSPS) is 18.2. The predicted octanol–water partition coefficient (Wildman–Crippen LogP) is 2.05. The Balaban J connectivity index is 1.97. The second kappa shape index (κ2) is 9.51. The number of aliphatic hydroxyl groups is 2. The van der Waals surface area contributed by atoms with Crippen LogP contribution in [0.4, 0.5) is 19.0 Å². The molecule has 0 aromatic carbocycles. The van der Waals surface area contributed by atoms with E-state index in [9.17, 15) is 28.6 Å². The molecule has 4 rings (SSSR count). The van der Waals surface area contributed by atoms with Gasteiger partial charge < -0.3 is 20.4 Å². The van der Waals surface area contributed by atoms with Crippen molar-refractivity contribution in [2.45, 2.75) is 51.4 Å². The van der Waals surface area contributed by atoms with E-state index in [0.29, 0.717) is 18.9 Å². The summed E-state index contributed by atoms with van der Waals surface area (Å²) in [7, 11) is 0. The topological polar surface area (TPSA) is 121 Å². The molecule has 0 bridgehead atoms. The molecule has 0 unspecified atom stereocenters. The van der Waals surface area contributed by atoms with E-state index >= 15 is 4.39 Å². The third-order valence-electron chi connectivity index (χ3n) is 6.71. The van der Waals surface area contributed by atoms with Crippen LogP contribution in [-0.4, -0.2) is 61.5 Å². The zero-order valence-electron chi connectivity index (χ0n) is 19.9. The first-order valence-electron chi connectivity index (χ1n) is 11.5. The van der Waals surface area contributed by atoms with E-state index < -0.39 is 57.9 Å². The Bertz CT molecular complexity index is 1380. The summed E-state index contributed by atoms with van der Waals surface area (Å²) >= 11 is 0. The lowest BCUT2D eigenvalue weighted by Gasteiger charge is -2.28. The lowest BCUT2D eigenvalue weighted by Crippen LogP contribution is -2.46. The lowest BCUT2D eigenvalue weighted by atomic mass is 9.95. The number of fused-ring (bicyclic) bond motifs is 1. The Morgan fingerprint density at radius 3 is 2.31 bits per heavy atom. The van der Waals surface area contributed by atoms with Crippen molar-refractivity contribution >= 4 is 22.8 Å². The van der Waals surface area contributed by atoms with E-state index in [-0.39, 0.29) is 29.9 Å². The zero-order valence-corrected chi connectivity index (χ0v) is 19.9. The molecule has 1 fully saturated rings. The Kier molecular flexibility index (Phi) is 6.76. The summed E-state index contributed by atoms with van der Waals surface area (Å²) in [5.41, 5.74) is -2.11. The van der Waals surface area contributed by atoms with Crippen molar-refractivity contribution in [1.82, 2.24) is 19.9 Å². The minimum absolute atomic E-state index is 0.128. The largest absolute Gasteiger partial charge is 0.389 e. The van der Waals surface area contributed by atoms with E-state index in [1.807, 2.05) is 13.8 Å². The smallest absolute Gasteiger partial charge is 0.257 e. The van der Waals surface area contributed by atoms with Gasteiger partial charge in [-0.3, -0.25) is 14.2 Å². The lowest BCUT2D eigenvalue weighted by molar-refractivity contribution is 0.0572. The highest BCUT2D eigenvalue weighted by atomic mass is 19.1. The first-order valence-corrected chi connectivity index (χ1v) is 11.5. The molecular weight excluding hydrogens is 479 g/mol. The Hall–Kier alpha value is -3.51. The number of amides is 1. The molecule has 0 aliphatic carbocycles. The van der Waals surface area contributed by atoms with Crippen LogP contribution in [0.15, 0.2) is 29.3 Å². The van der Waals surface area contributed by atoms with Crippen LogP contribution < -0.4 is 15.6 Å². The molecule has 3 aromatic rings. The van der Waals surface area contributed by atoms with Crippen LogP contribution in [0.25, 0.3) is 16.9 Å². The fraction of sp³-hybridized carbons (Fsp3) is 0.417. The van der Waals surface area contributed by atoms with Gasteiger partial charge in [-0.15, -0.1) is 0 Å². The molecule has 1 amide bonds. The Morgan fingerprint density at radius 1 is 1.11 bits per heavy atom. The third-order valence-corrected chi connectivity index (χ3v) is 6.71. The second-order valence-corrected chi connectivity index (χ2v) is 9.13. The van der Waals surface area contributed by atoms with Crippen LogP contribution in [-0.2, 0) is 0 Å². The molecule has 0 spiro atoms. The Labute approximate surface area is 204 Å². The van der Waals surface area contributed by atoms with Crippen LogP contribution in [0, 0.1) is 17.5 Å². The monoisotopic (exact) mass is 505 g/mol. The minimum Gasteiger partial charge on any atom is -0.389 e. The first-order chi connectivity index (χ1) is 17.0. The summed E-state index contributed by atoms with van der Waals surface area (Å²) in [5, 5.41) is 22.2. The molecule has 12 heteroatoms. The van der Waals surface area contributed by atoms with Crippen molar-refractivity contribution in [1.29, 1.82) is 0 Å². The Morgan fingerprint density at radius 2 is 1.72 bits per heavy atom. The number of halogens is 3. The van der Waals surface area contributed by atoms with Crippen molar-refractivity contribution in [3.05, 3.63) is 57.8 Å². The number of aliphatic hydroxyl groups excluding tert-OH is 2. The fourth-order valence-corrected chi connectivity index (χ4v) is 4.05. The molecule has 4 heterocycles. The molecular formula is C24H26F3N5O4. The molecule has 3 N–H and O–H groups in total. The molecule has 2 atom stereocenters.